The van der Waals surface area contributed by atoms with Gasteiger partial charge >= 0.3 is 0 Å². The number of likely N-dealkylation sites (N-methyl/N-ethyl adjacent to an activating group) is 1. The maximum Gasteiger partial charge on any atom is 0.244 e. The largest absolute Gasteiger partial charge is 0.336 e. The molecule has 1 aliphatic heterocycles. The van der Waals surface area contributed by atoms with Crippen LogP contribution in [-0.4, -0.2) is 36.2 Å². The van der Waals surface area contributed by atoms with Gasteiger partial charge in [0.1, 0.15) is 0 Å². The third kappa shape index (κ3) is 3.86. The lowest BCUT2D eigenvalue weighted by atomic mass is 9.89. The summed E-state index contributed by atoms with van der Waals surface area (Å²) in [4.78, 5) is 38.2. The van der Waals surface area contributed by atoms with E-state index in [4.69, 9.17) is 11.6 Å². The molecular formula is C19H18ClN3O3. The molecule has 1 aliphatic rings. The van der Waals surface area contributed by atoms with E-state index in [1.165, 1.54) is 4.90 Å². The first-order chi connectivity index (χ1) is 12.5. The Hall–Kier alpha value is -2.86. The second-order valence-corrected chi connectivity index (χ2v) is 6.52. The standard InChI is InChI=1S/C19H18ClN3O3/c1-23(11-18(25)22-16-9-5-3-7-14(16)20)19(26)13-10-17(24)21-15-8-4-2-6-12(13)15/h2-9,13H,10-11H2,1H3,(H,21,24)(H,22,25). The summed E-state index contributed by atoms with van der Waals surface area (Å²) in [7, 11) is 1.55. The Bertz CT molecular complexity index is 869. The maximum atomic E-state index is 12.8. The molecule has 0 aliphatic carbocycles. The van der Waals surface area contributed by atoms with Gasteiger partial charge in [-0.25, -0.2) is 0 Å². The van der Waals surface area contributed by atoms with Crippen molar-refractivity contribution in [3.05, 3.63) is 59.1 Å². The Morgan fingerprint density at radius 1 is 1.19 bits per heavy atom. The molecular weight excluding hydrogens is 354 g/mol. The molecule has 134 valence electrons. The molecule has 2 aromatic carbocycles. The lowest BCUT2D eigenvalue weighted by Crippen LogP contribution is -2.40. The van der Waals surface area contributed by atoms with Gasteiger partial charge in [0, 0.05) is 19.2 Å². The van der Waals surface area contributed by atoms with Crippen LogP contribution in [-0.2, 0) is 14.4 Å². The molecule has 1 atom stereocenters. The Kier molecular flexibility index (Phi) is 5.23. The second-order valence-electron chi connectivity index (χ2n) is 6.11. The Labute approximate surface area is 156 Å². The lowest BCUT2D eigenvalue weighted by molar-refractivity contribution is -0.136. The van der Waals surface area contributed by atoms with Crippen LogP contribution < -0.4 is 10.6 Å². The fourth-order valence-corrected chi connectivity index (χ4v) is 3.13. The Morgan fingerprint density at radius 3 is 2.65 bits per heavy atom. The molecule has 0 radical (unpaired) electrons. The van der Waals surface area contributed by atoms with Crippen LogP contribution in [0, 0.1) is 0 Å². The minimum Gasteiger partial charge on any atom is -0.336 e. The van der Waals surface area contributed by atoms with Crippen LogP contribution >= 0.6 is 11.6 Å². The van der Waals surface area contributed by atoms with Crippen LogP contribution in [0.3, 0.4) is 0 Å². The van der Waals surface area contributed by atoms with Crippen molar-refractivity contribution in [1.82, 2.24) is 4.90 Å². The van der Waals surface area contributed by atoms with Crippen molar-refractivity contribution in [2.45, 2.75) is 12.3 Å². The number of nitrogens with zero attached hydrogens (tertiary/aromatic N) is 1. The predicted molar refractivity (Wildman–Crippen MR) is 100 cm³/mol. The smallest absolute Gasteiger partial charge is 0.244 e. The number of nitrogens with one attached hydrogen (secondary N) is 2. The van der Waals surface area contributed by atoms with Crippen LogP contribution in [0.2, 0.25) is 5.02 Å². The minimum absolute atomic E-state index is 0.0618. The van der Waals surface area contributed by atoms with Crippen molar-refractivity contribution in [1.29, 1.82) is 0 Å². The summed E-state index contributed by atoms with van der Waals surface area (Å²) in [5.74, 6) is -1.45. The molecule has 0 spiro atoms. The summed E-state index contributed by atoms with van der Waals surface area (Å²) < 4.78 is 0. The summed E-state index contributed by atoms with van der Waals surface area (Å²) in [6.45, 7) is -0.135. The number of anilines is 2. The zero-order valence-corrected chi connectivity index (χ0v) is 14.9. The molecule has 0 saturated carbocycles. The van der Waals surface area contributed by atoms with Gasteiger partial charge in [0.15, 0.2) is 0 Å². The van der Waals surface area contributed by atoms with Crippen molar-refractivity contribution >= 4 is 40.7 Å². The lowest BCUT2D eigenvalue weighted by Gasteiger charge is -2.28. The number of amides is 3. The number of carbonyl (C=O) groups is 3. The highest BCUT2D eigenvalue weighted by Gasteiger charge is 2.32. The van der Waals surface area contributed by atoms with Gasteiger partial charge in [0.25, 0.3) is 0 Å². The van der Waals surface area contributed by atoms with Gasteiger partial charge in [-0.05, 0) is 23.8 Å². The zero-order valence-electron chi connectivity index (χ0n) is 14.2. The highest BCUT2D eigenvalue weighted by molar-refractivity contribution is 6.33. The molecule has 3 rings (SSSR count). The van der Waals surface area contributed by atoms with Crippen molar-refractivity contribution in [2.75, 3.05) is 24.2 Å². The Morgan fingerprint density at radius 2 is 1.88 bits per heavy atom. The first-order valence-electron chi connectivity index (χ1n) is 8.14. The summed E-state index contributed by atoms with van der Waals surface area (Å²) in [6.07, 6.45) is 0.0618. The number of hydrogen-bond donors (Lipinski definition) is 2. The molecule has 7 heteroatoms. The monoisotopic (exact) mass is 371 g/mol. The van der Waals surface area contributed by atoms with Crippen molar-refractivity contribution in [3.63, 3.8) is 0 Å². The summed E-state index contributed by atoms with van der Waals surface area (Å²) in [5, 5.41) is 5.87. The summed E-state index contributed by atoms with van der Waals surface area (Å²) >= 11 is 6.02. The number of carbonyl (C=O) groups excluding carboxylic acids is 3. The number of fused-ring (bicyclic) bond motifs is 1. The molecule has 6 nitrogen and oxygen atoms in total. The van der Waals surface area contributed by atoms with Gasteiger partial charge in [-0.15, -0.1) is 0 Å². The number of halogens is 1. The normalized spacial score (nSPS) is 15.6. The van der Waals surface area contributed by atoms with E-state index in [2.05, 4.69) is 10.6 Å². The highest BCUT2D eigenvalue weighted by atomic mass is 35.5. The topological polar surface area (TPSA) is 78.5 Å². The van der Waals surface area contributed by atoms with Crippen molar-refractivity contribution < 1.29 is 14.4 Å². The Balaban J connectivity index is 1.69. The molecule has 0 aromatic heterocycles. The van der Waals surface area contributed by atoms with Crippen LogP contribution in [0.4, 0.5) is 11.4 Å². The predicted octanol–water partition coefficient (Wildman–Crippen LogP) is 2.86. The quantitative estimate of drug-likeness (QED) is 0.867. The van der Waals surface area contributed by atoms with Gasteiger partial charge in [-0.1, -0.05) is 41.9 Å². The SMILES string of the molecule is CN(CC(=O)Nc1ccccc1Cl)C(=O)C1CC(=O)Nc2ccccc21. The second kappa shape index (κ2) is 7.58. The maximum absolute atomic E-state index is 12.8. The number of para-hydroxylation sites is 2. The first-order valence-corrected chi connectivity index (χ1v) is 8.51. The van der Waals surface area contributed by atoms with E-state index in [9.17, 15) is 14.4 Å². The van der Waals surface area contributed by atoms with E-state index < -0.39 is 5.92 Å². The molecule has 3 amide bonds. The third-order valence-corrected chi connectivity index (χ3v) is 4.53. The third-order valence-electron chi connectivity index (χ3n) is 4.20. The van der Waals surface area contributed by atoms with Crippen LogP contribution in [0.15, 0.2) is 48.5 Å². The molecule has 2 aromatic rings. The number of rotatable bonds is 4. The van der Waals surface area contributed by atoms with E-state index >= 15 is 0 Å². The van der Waals surface area contributed by atoms with E-state index in [1.807, 2.05) is 12.1 Å². The highest BCUT2D eigenvalue weighted by Crippen LogP contribution is 2.33. The fourth-order valence-electron chi connectivity index (χ4n) is 2.94. The molecule has 2 N–H and O–H groups in total. The van der Waals surface area contributed by atoms with Crippen molar-refractivity contribution in [2.24, 2.45) is 0 Å². The molecule has 0 saturated heterocycles. The number of benzene rings is 2. The average molecular weight is 372 g/mol. The average Bonchev–Trinajstić information content (AvgIpc) is 2.62. The fraction of sp³-hybridized carbons (Fsp3) is 0.211. The molecule has 0 bridgehead atoms. The number of hydrogen-bond acceptors (Lipinski definition) is 3. The van der Waals surface area contributed by atoms with E-state index in [1.54, 1.807) is 43.4 Å². The molecule has 0 fully saturated rings. The van der Waals surface area contributed by atoms with E-state index in [0.29, 0.717) is 16.4 Å². The van der Waals surface area contributed by atoms with Crippen LogP contribution in [0.1, 0.15) is 17.9 Å². The van der Waals surface area contributed by atoms with Crippen LogP contribution in [0.25, 0.3) is 0 Å². The van der Waals surface area contributed by atoms with Gasteiger partial charge in [-0.3, -0.25) is 14.4 Å². The zero-order chi connectivity index (χ0) is 18.7. The van der Waals surface area contributed by atoms with Gasteiger partial charge in [-0.2, -0.15) is 0 Å². The van der Waals surface area contributed by atoms with E-state index in [-0.39, 0.29) is 30.7 Å². The summed E-state index contributed by atoms with van der Waals surface area (Å²) in [5.41, 5.74) is 1.88. The molecule has 26 heavy (non-hydrogen) atoms. The first kappa shape index (κ1) is 17.9. The van der Waals surface area contributed by atoms with Gasteiger partial charge in [0.2, 0.25) is 17.7 Å². The minimum atomic E-state index is -0.599. The van der Waals surface area contributed by atoms with Crippen LogP contribution in [0.5, 0.6) is 0 Å². The molecule has 1 heterocycles. The van der Waals surface area contributed by atoms with Gasteiger partial charge in [0.05, 0.1) is 23.2 Å². The van der Waals surface area contributed by atoms with E-state index in [0.717, 1.165) is 5.56 Å². The summed E-state index contributed by atoms with van der Waals surface area (Å²) in [6, 6.07) is 14.1. The van der Waals surface area contributed by atoms with Gasteiger partial charge < -0.3 is 15.5 Å². The van der Waals surface area contributed by atoms with Crippen molar-refractivity contribution in [3.8, 4) is 0 Å². The molecule has 1 unspecified atom stereocenters.